The third-order valence-electron chi connectivity index (χ3n) is 2.84. The fourth-order valence-electron chi connectivity index (χ4n) is 1.97. The number of amides is 1. The van der Waals surface area contributed by atoms with Gasteiger partial charge in [-0.05, 0) is 31.2 Å². The van der Waals surface area contributed by atoms with E-state index in [4.69, 9.17) is 14.6 Å². The fourth-order valence-corrected chi connectivity index (χ4v) is 1.97. The van der Waals surface area contributed by atoms with E-state index in [1.165, 1.54) is 0 Å². The number of carbonyl (C=O) groups is 2. The minimum Gasteiger partial charge on any atom is -0.494 e. The first kappa shape index (κ1) is 13.2. The van der Waals surface area contributed by atoms with Gasteiger partial charge in [-0.2, -0.15) is 0 Å². The van der Waals surface area contributed by atoms with Gasteiger partial charge >= 0.3 is 12.1 Å². The van der Waals surface area contributed by atoms with Crippen LogP contribution in [0.4, 0.5) is 10.5 Å². The summed E-state index contributed by atoms with van der Waals surface area (Å²) in [6, 6.07) is 5.79. The van der Waals surface area contributed by atoms with Crippen molar-refractivity contribution in [1.82, 2.24) is 0 Å². The minimum atomic E-state index is -1.04. The Morgan fingerprint density at radius 2 is 2.16 bits per heavy atom. The first-order chi connectivity index (χ1) is 9.13. The highest BCUT2D eigenvalue weighted by molar-refractivity contribution is 5.96. The average Bonchev–Trinajstić information content (AvgIpc) is 2.40. The van der Waals surface area contributed by atoms with E-state index in [0.29, 0.717) is 18.0 Å². The summed E-state index contributed by atoms with van der Waals surface area (Å²) in [7, 11) is 0. The van der Waals surface area contributed by atoms with E-state index in [1.54, 1.807) is 24.3 Å². The zero-order chi connectivity index (χ0) is 13.8. The summed E-state index contributed by atoms with van der Waals surface area (Å²) in [5.41, 5.74) is 0.487. The minimum absolute atomic E-state index is 0.128. The largest absolute Gasteiger partial charge is 0.494 e. The zero-order valence-electron chi connectivity index (χ0n) is 10.5. The predicted molar refractivity (Wildman–Crippen MR) is 67.5 cm³/mol. The molecule has 0 aliphatic carbocycles. The van der Waals surface area contributed by atoms with E-state index >= 15 is 0 Å². The fraction of sp³-hybridized carbons (Fsp3) is 0.385. The maximum absolute atomic E-state index is 11.7. The Bertz CT molecular complexity index is 470. The molecule has 1 atom stereocenters. The van der Waals surface area contributed by atoms with Gasteiger partial charge in [0.1, 0.15) is 11.8 Å². The van der Waals surface area contributed by atoms with Crippen molar-refractivity contribution >= 4 is 17.7 Å². The van der Waals surface area contributed by atoms with Crippen molar-refractivity contribution in [3.05, 3.63) is 24.3 Å². The molecule has 1 N–H and O–H groups in total. The van der Waals surface area contributed by atoms with E-state index in [9.17, 15) is 9.59 Å². The number of carbonyl (C=O) groups excluding carboxylic acids is 1. The molecule has 1 amide bonds. The lowest BCUT2D eigenvalue weighted by Crippen LogP contribution is -2.50. The van der Waals surface area contributed by atoms with Gasteiger partial charge in [-0.1, -0.05) is 0 Å². The molecular weight excluding hydrogens is 250 g/mol. The lowest BCUT2D eigenvalue weighted by atomic mass is 10.1. The number of hydrogen-bond acceptors (Lipinski definition) is 4. The van der Waals surface area contributed by atoms with Crippen molar-refractivity contribution in [2.75, 3.05) is 18.1 Å². The van der Waals surface area contributed by atoms with E-state index in [1.807, 2.05) is 6.92 Å². The van der Waals surface area contributed by atoms with Crippen molar-refractivity contribution in [2.24, 2.45) is 0 Å². The van der Waals surface area contributed by atoms with Crippen molar-refractivity contribution in [2.45, 2.75) is 19.4 Å². The molecule has 1 saturated heterocycles. The van der Waals surface area contributed by atoms with Crippen LogP contribution in [0.1, 0.15) is 13.3 Å². The number of cyclic esters (lactones) is 1. The van der Waals surface area contributed by atoms with Gasteiger partial charge in [0.25, 0.3) is 0 Å². The molecule has 2 rings (SSSR count). The monoisotopic (exact) mass is 265 g/mol. The molecule has 102 valence electrons. The summed E-state index contributed by atoms with van der Waals surface area (Å²) >= 11 is 0. The maximum Gasteiger partial charge on any atom is 0.415 e. The smallest absolute Gasteiger partial charge is 0.415 e. The summed E-state index contributed by atoms with van der Waals surface area (Å²) in [5.74, 6) is -0.367. The van der Waals surface area contributed by atoms with Gasteiger partial charge in [0.2, 0.25) is 0 Å². The third-order valence-corrected chi connectivity index (χ3v) is 2.84. The summed E-state index contributed by atoms with van der Waals surface area (Å²) in [5, 5.41) is 9.15. The van der Waals surface area contributed by atoms with Crippen molar-refractivity contribution < 1.29 is 24.2 Å². The van der Waals surface area contributed by atoms with Crippen LogP contribution in [0.3, 0.4) is 0 Å². The number of benzene rings is 1. The van der Waals surface area contributed by atoms with E-state index < -0.39 is 18.1 Å². The highest BCUT2D eigenvalue weighted by Gasteiger charge is 2.35. The Hall–Kier alpha value is -2.24. The van der Waals surface area contributed by atoms with Crippen LogP contribution in [0, 0.1) is 0 Å². The topological polar surface area (TPSA) is 76.1 Å². The lowest BCUT2D eigenvalue weighted by molar-refractivity contribution is -0.139. The Kier molecular flexibility index (Phi) is 3.89. The molecular formula is C13H15NO5. The number of nitrogens with zero attached hydrogens (tertiary/aromatic N) is 1. The van der Waals surface area contributed by atoms with E-state index in [0.717, 1.165) is 4.90 Å². The standard InChI is InChI=1S/C13H15NO5/c1-2-18-10-5-3-9(4-6-10)14-11(12(15)16)7-8-19-13(14)17/h3-6,11H,2,7-8H2,1H3,(H,15,16). The third kappa shape index (κ3) is 2.78. The zero-order valence-corrected chi connectivity index (χ0v) is 10.5. The molecule has 6 heteroatoms. The Labute approximate surface area is 110 Å². The second kappa shape index (κ2) is 5.60. The molecule has 0 radical (unpaired) electrons. The second-order valence-corrected chi connectivity index (χ2v) is 4.05. The Morgan fingerprint density at radius 1 is 1.47 bits per heavy atom. The summed E-state index contributed by atoms with van der Waals surface area (Å²) in [6.07, 6.45) is -0.364. The van der Waals surface area contributed by atoms with Crippen LogP contribution < -0.4 is 9.64 Å². The number of carboxylic acid groups (broad SMARTS) is 1. The van der Waals surface area contributed by atoms with Crippen LogP contribution in [-0.2, 0) is 9.53 Å². The number of anilines is 1. The van der Waals surface area contributed by atoms with Gasteiger partial charge in [-0.25, -0.2) is 9.59 Å². The second-order valence-electron chi connectivity index (χ2n) is 4.05. The number of carboxylic acids is 1. The molecule has 1 unspecified atom stereocenters. The van der Waals surface area contributed by atoms with Gasteiger partial charge in [-0.3, -0.25) is 4.90 Å². The van der Waals surface area contributed by atoms with Crippen molar-refractivity contribution in [3.63, 3.8) is 0 Å². The molecule has 19 heavy (non-hydrogen) atoms. The summed E-state index contributed by atoms with van der Waals surface area (Å²) in [4.78, 5) is 24.1. The van der Waals surface area contributed by atoms with Crippen LogP contribution >= 0.6 is 0 Å². The van der Waals surface area contributed by atoms with Crippen LogP contribution in [0.25, 0.3) is 0 Å². The van der Waals surface area contributed by atoms with Crippen molar-refractivity contribution in [1.29, 1.82) is 0 Å². The van der Waals surface area contributed by atoms with Gasteiger partial charge in [0.15, 0.2) is 0 Å². The molecule has 0 bridgehead atoms. The number of hydrogen-bond donors (Lipinski definition) is 1. The molecule has 0 spiro atoms. The molecule has 6 nitrogen and oxygen atoms in total. The van der Waals surface area contributed by atoms with Crippen molar-refractivity contribution in [3.8, 4) is 5.75 Å². The molecule has 1 heterocycles. The van der Waals surface area contributed by atoms with Crippen LogP contribution in [-0.4, -0.2) is 36.4 Å². The first-order valence-electron chi connectivity index (χ1n) is 6.05. The molecule has 1 aromatic carbocycles. The molecule has 1 aromatic rings. The van der Waals surface area contributed by atoms with Gasteiger partial charge in [0.05, 0.1) is 13.2 Å². The number of aliphatic carboxylic acids is 1. The molecule has 0 saturated carbocycles. The first-order valence-corrected chi connectivity index (χ1v) is 6.05. The van der Waals surface area contributed by atoms with E-state index in [-0.39, 0.29) is 13.0 Å². The SMILES string of the molecule is CCOc1ccc(N2C(=O)OCCC2C(=O)O)cc1. The van der Waals surface area contributed by atoms with Gasteiger partial charge in [-0.15, -0.1) is 0 Å². The van der Waals surface area contributed by atoms with Crippen LogP contribution in [0.2, 0.25) is 0 Å². The molecule has 0 aromatic heterocycles. The highest BCUT2D eigenvalue weighted by Crippen LogP contribution is 2.25. The Balaban J connectivity index is 2.25. The van der Waals surface area contributed by atoms with Gasteiger partial charge < -0.3 is 14.6 Å². The van der Waals surface area contributed by atoms with Crippen LogP contribution in [0.5, 0.6) is 5.75 Å². The summed E-state index contributed by atoms with van der Waals surface area (Å²) in [6.45, 7) is 2.54. The molecule has 1 aliphatic heterocycles. The van der Waals surface area contributed by atoms with Crippen LogP contribution in [0.15, 0.2) is 24.3 Å². The predicted octanol–water partition coefficient (Wildman–Crippen LogP) is 1.89. The summed E-state index contributed by atoms with van der Waals surface area (Å²) < 4.78 is 10.2. The molecule has 1 fully saturated rings. The quantitative estimate of drug-likeness (QED) is 0.899. The lowest BCUT2D eigenvalue weighted by Gasteiger charge is -2.32. The normalized spacial score (nSPS) is 18.9. The Morgan fingerprint density at radius 3 is 2.74 bits per heavy atom. The maximum atomic E-state index is 11.7. The average molecular weight is 265 g/mol. The highest BCUT2D eigenvalue weighted by atomic mass is 16.6. The molecule has 1 aliphatic rings. The van der Waals surface area contributed by atoms with E-state index in [2.05, 4.69) is 0 Å². The number of ether oxygens (including phenoxy) is 2. The van der Waals surface area contributed by atoms with Gasteiger partial charge in [0, 0.05) is 12.1 Å². The number of rotatable bonds is 4.